The van der Waals surface area contributed by atoms with Crippen molar-refractivity contribution in [2.24, 2.45) is 0 Å². The topological polar surface area (TPSA) is 42.0 Å². The lowest BCUT2D eigenvalue weighted by molar-refractivity contribution is -0.167. The molecule has 76 valence electrons. The summed E-state index contributed by atoms with van der Waals surface area (Å²) in [4.78, 5) is 13.7. The zero-order valence-corrected chi connectivity index (χ0v) is 6.60. The third kappa shape index (κ3) is 2.41. The number of amides is 1. The first-order valence-corrected chi connectivity index (χ1v) is 3.39. The van der Waals surface area contributed by atoms with Crippen LogP contribution in [-0.2, 0) is 4.79 Å². The minimum atomic E-state index is -5.03. The summed E-state index contributed by atoms with van der Waals surface area (Å²) in [6.45, 7) is 0. The number of nitrogens with one attached hydrogen (secondary N) is 1. The van der Waals surface area contributed by atoms with Gasteiger partial charge in [-0.3, -0.25) is 9.78 Å². The Balaban J connectivity index is 2.80. The van der Waals surface area contributed by atoms with Crippen molar-refractivity contribution in [3.8, 4) is 0 Å². The summed E-state index contributed by atoms with van der Waals surface area (Å²) >= 11 is 0. The smallest absolute Gasteiger partial charge is 0.316 e. The Labute approximate surface area is 75.8 Å². The number of carbonyl (C=O) groups excluding carboxylic acids is 1. The molecule has 0 radical (unpaired) electrons. The first-order chi connectivity index (χ1) is 6.41. The number of nitrogens with zero attached hydrogens (tertiary/aromatic N) is 1. The van der Waals surface area contributed by atoms with Crippen molar-refractivity contribution in [1.29, 1.82) is 0 Å². The van der Waals surface area contributed by atoms with Gasteiger partial charge in [0.2, 0.25) is 0 Å². The number of carbonyl (C=O) groups is 1. The van der Waals surface area contributed by atoms with Crippen LogP contribution in [0.5, 0.6) is 0 Å². The van der Waals surface area contributed by atoms with Gasteiger partial charge in [-0.1, -0.05) is 0 Å². The van der Waals surface area contributed by atoms with Gasteiger partial charge < -0.3 is 5.32 Å². The second-order valence-electron chi connectivity index (χ2n) is 2.31. The number of pyridine rings is 1. The van der Waals surface area contributed by atoms with Gasteiger partial charge in [-0.15, -0.1) is 0 Å². The number of hydrogen-bond acceptors (Lipinski definition) is 2. The van der Waals surface area contributed by atoms with Crippen LogP contribution in [0.15, 0.2) is 18.5 Å². The number of alkyl halides is 3. The Morgan fingerprint density at radius 1 is 1.43 bits per heavy atom. The minimum absolute atomic E-state index is 0.553. The highest BCUT2D eigenvalue weighted by Gasteiger charge is 2.38. The molecule has 0 aliphatic rings. The van der Waals surface area contributed by atoms with E-state index in [4.69, 9.17) is 0 Å². The molecule has 1 rings (SSSR count). The summed E-state index contributed by atoms with van der Waals surface area (Å²) in [7, 11) is 0. The van der Waals surface area contributed by atoms with Crippen molar-refractivity contribution in [1.82, 2.24) is 4.98 Å². The molecule has 0 aliphatic heterocycles. The van der Waals surface area contributed by atoms with Crippen LogP contribution in [0.25, 0.3) is 0 Å². The number of halogens is 4. The summed E-state index contributed by atoms with van der Waals surface area (Å²) in [5.74, 6) is -3.24. The van der Waals surface area contributed by atoms with Crippen LogP contribution < -0.4 is 5.32 Å². The molecule has 0 saturated carbocycles. The molecule has 0 unspecified atom stereocenters. The molecule has 14 heavy (non-hydrogen) atoms. The van der Waals surface area contributed by atoms with Crippen LogP contribution in [0.4, 0.5) is 23.2 Å². The van der Waals surface area contributed by atoms with Gasteiger partial charge in [0.15, 0.2) is 5.82 Å². The molecule has 1 aromatic heterocycles. The zero-order chi connectivity index (χ0) is 10.8. The average Bonchev–Trinajstić information content (AvgIpc) is 2.07. The van der Waals surface area contributed by atoms with Gasteiger partial charge in [0.25, 0.3) is 0 Å². The molecule has 0 bridgehead atoms. The lowest BCUT2D eigenvalue weighted by Gasteiger charge is -2.07. The molecule has 0 spiro atoms. The van der Waals surface area contributed by atoms with E-state index in [2.05, 4.69) is 4.98 Å². The second kappa shape index (κ2) is 3.60. The fourth-order valence-corrected chi connectivity index (χ4v) is 0.670. The first-order valence-electron chi connectivity index (χ1n) is 3.39. The molecule has 3 nitrogen and oxygen atoms in total. The number of hydrogen-bond donors (Lipinski definition) is 1. The van der Waals surface area contributed by atoms with Crippen molar-refractivity contribution in [2.75, 3.05) is 5.32 Å². The van der Waals surface area contributed by atoms with Crippen LogP contribution in [0.3, 0.4) is 0 Å². The molecule has 1 amide bonds. The molecule has 7 heteroatoms. The summed E-state index contributed by atoms with van der Waals surface area (Å²) in [6, 6.07) is 0.930. The Morgan fingerprint density at radius 2 is 2.07 bits per heavy atom. The zero-order valence-electron chi connectivity index (χ0n) is 6.60. The van der Waals surface area contributed by atoms with Gasteiger partial charge in [0, 0.05) is 6.20 Å². The van der Waals surface area contributed by atoms with Gasteiger partial charge in [0.05, 0.1) is 11.9 Å². The maximum atomic E-state index is 12.7. The van der Waals surface area contributed by atoms with E-state index in [1.54, 1.807) is 0 Å². The van der Waals surface area contributed by atoms with Crippen molar-refractivity contribution in [3.63, 3.8) is 0 Å². The lowest BCUT2D eigenvalue weighted by Crippen LogP contribution is -2.30. The highest BCUT2D eigenvalue weighted by atomic mass is 19.4. The first kappa shape index (κ1) is 10.4. The van der Waals surface area contributed by atoms with E-state index in [9.17, 15) is 22.4 Å². The Bertz CT molecular complexity index is 350. The summed E-state index contributed by atoms with van der Waals surface area (Å²) < 4.78 is 47.8. The van der Waals surface area contributed by atoms with Crippen LogP contribution in [0.1, 0.15) is 0 Å². The monoisotopic (exact) mass is 208 g/mol. The van der Waals surface area contributed by atoms with Gasteiger partial charge in [-0.25, -0.2) is 4.39 Å². The molecule has 0 fully saturated rings. The van der Waals surface area contributed by atoms with E-state index in [1.165, 1.54) is 5.32 Å². The van der Waals surface area contributed by atoms with Gasteiger partial charge >= 0.3 is 12.1 Å². The predicted molar refractivity (Wildman–Crippen MR) is 38.9 cm³/mol. The largest absolute Gasteiger partial charge is 0.471 e. The Hall–Kier alpha value is -1.66. The molecular formula is C7H4F4N2O. The summed E-state index contributed by atoms with van der Waals surface area (Å²) in [5, 5.41) is 1.37. The number of anilines is 1. The quantitative estimate of drug-likeness (QED) is 0.714. The molecule has 0 saturated heterocycles. The highest BCUT2D eigenvalue weighted by molar-refractivity contribution is 5.94. The van der Waals surface area contributed by atoms with E-state index in [-0.39, 0.29) is 0 Å². The Kier molecular flexibility index (Phi) is 2.68. The van der Waals surface area contributed by atoms with Gasteiger partial charge in [-0.2, -0.15) is 13.2 Å². The Morgan fingerprint density at radius 3 is 2.57 bits per heavy atom. The second-order valence-corrected chi connectivity index (χ2v) is 2.31. The molecule has 1 aromatic rings. The SMILES string of the molecule is O=C(Nc1ccncc1F)C(F)(F)F. The summed E-state index contributed by atoms with van der Waals surface area (Å²) in [6.07, 6.45) is -3.27. The molecule has 1 N–H and O–H groups in total. The number of aromatic nitrogens is 1. The molecule has 1 heterocycles. The minimum Gasteiger partial charge on any atom is -0.316 e. The third-order valence-electron chi connectivity index (χ3n) is 1.28. The molecule has 0 aliphatic carbocycles. The predicted octanol–water partition coefficient (Wildman–Crippen LogP) is 1.72. The van der Waals surface area contributed by atoms with E-state index >= 15 is 0 Å². The summed E-state index contributed by atoms with van der Waals surface area (Å²) in [5.41, 5.74) is -0.553. The molecular weight excluding hydrogens is 204 g/mol. The van der Waals surface area contributed by atoms with Crippen molar-refractivity contribution >= 4 is 11.6 Å². The van der Waals surface area contributed by atoms with Crippen molar-refractivity contribution in [2.45, 2.75) is 6.18 Å². The van der Waals surface area contributed by atoms with Crippen LogP contribution in [0, 0.1) is 5.82 Å². The molecule has 0 atom stereocenters. The molecule has 0 aromatic carbocycles. The van der Waals surface area contributed by atoms with Crippen molar-refractivity contribution < 1.29 is 22.4 Å². The van der Waals surface area contributed by atoms with Gasteiger partial charge in [-0.05, 0) is 6.07 Å². The fourth-order valence-electron chi connectivity index (χ4n) is 0.670. The standard InChI is InChI=1S/C7H4F4N2O/c8-4-3-12-2-1-5(4)13-6(14)7(9,10)11/h1-3H,(H,12,13,14). The normalized spacial score (nSPS) is 11.1. The maximum Gasteiger partial charge on any atom is 0.471 e. The maximum absolute atomic E-state index is 12.7. The van der Waals surface area contributed by atoms with E-state index in [0.29, 0.717) is 6.20 Å². The lowest BCUT2D eigenvalue weighted by atomic mass is 10.4. The van der Waals surface area contributed by atoms with E-state index < -0.39 is 23.6 Å². The third-order valence-corrected chi connectivity index (χ3v) is 1.28. The number of rotatable bonds is 1. The van der Waals surface area contributed by atoms with Crippen LogP contribution in [0.2, 0.25) is 0 Å². The van der Waals surface area contributed by atoms with Crippen molar-refractivity contribution in [3.05, 3.63) is 24.3 Å². The van der Waals surface area contributed by atoms with Crippen LogP contribution in [-0.4, -0.2) is 17.1 Å². The van der Waals surface area contributed by atoms with Gasteiger partial charge in [0.1, 0.15) is 0 Å². The van der Waals surface area contributed by atoms with Crippen LogP contribution >= 0.6 is 0 Å². The van der Waals surface area contributed by atoms with E-state index in [1.807, 2.05) is 0 Å². The highest BCUT2D eigenvalue weighted by Crippen LogP contribution is 2.19. The average molecular weight is 208 g/mol. The van der Waals surface area contributed by atoms with E-state index in [0.717, 1.165) is 12.3 Å². The fraction of sp³-hybridized carbons (Fsp3) is 0.143.